The van der Waals surface area contributed by atoms with Crippen LogP contribution in [0.4, 0.5) is 0 Å². The van der Waals surface area contributed by atoms with Gasteiger partial charge < -0.3 is 10.8 Å². The molecule has 0 aliphatic heterocycles. The third-order valence-electron chi connectivity index (χ3n) is 2.21. The maximum Gasteiger partial charge on any atom is 0.264 e. The lowest BCUT2D eigenvalue weighted by Gasteiger charge is -2.20. The Balaban J connectivity index is 3.98. The second-order valence-electron chi connectivity index (χ2n) is 3.47. The Hall–Kier alpha value is -0.170. The molecular formula is C8H19NO4S. The molecule has 14 heavy (non-hydrogen) atoms. The van der Waals surface area contributed by atoms with E-state index in [0.717, 1.165) is 12.8 Å². The fraction of sp³-hybridized carbons (Fsp3) is 1.00. The SMILES string of the molecule is CCCC(CO)C(N)CCS(=O)(=O)O. The van der Waals surface area contributed by atoms with Crippen LogP contribution < -0.4 is 5.73 Å². The van der Waals surface area contributed by atoms with Crippen LogP contribution in [0.1, 0.15) is 26.2 Å². The summed E-state index contributed by atoms with van der Waals surface area (Å²) >= 11 is 0. The molecule has 0 rings (SSSR count). The molecule has 0 saturated heterocycles. The van der Waals surface area contributed by atoms with Crippen LogP contribution in [0, 0.1) is 5.92 Å². The van der Waals surface area contributed by atoms with Crippen LogP contribution in [0.2, 0.25) is 0 Å². The van der Waals surface area contributed by atoms with Crippen molar-refractivity contribution in [1.29, 1.82) is 0 Å². The topological polar surface area (TPSA) is 101 Å². The summed E-state index contributed by atoms with van der Waals surface area (Å²) in [6.45, 7) is 1.93. The minimum absolute atomic E-state index is 0.0412. The summed E-state index contributed by atoms with van der Waals surface area (Å²) in [6.07, 6.45) is 1.85. The van der Waals surface area contributed by atoms with E-state index >= 15 is 0 Å². The van der Waals surface area contributed by atoms with Crippen molar-refractivity contribution in [2.24, 2.45) is 11.7 Å². The lowest BCUT2D eigenvalue weighted by molar-refractivity contribution is 0.193. The minimum atomic E-state index is -3.94. The highest BCUT2D eigenvalue weighted by molar-refractivity contribution is 7.85. The molecule has 0 aliphatic carbocycles. The standard InChI is InChI=1S/C8H19NO4S/c1-2-3-7(6-10)8(9)4-5-14(11,12)13/h7-8,10H,2-6,9H2,1H3,(H,11,12,13). The van der Waals surface area contributed by atoms with Crippen LogP contribution in [-0.4, -0.2) is 36.5 Å². The summed E-state index contributed by atoms with van der Waals surface area (Å²) in [4.78, 5) is 0. The van der Waals surface area contributed by atoms with E-state index in [2.05, 4.69) is 0 Å². The molecule has 0 aromatic rings. The van der Waals surface area contributed by atoms with Crippen LogP contribution in [0.5, 0.6) is 0 Å². The smallest absolute Gasteiger partial charge is 0.264 e. The van der Waals surface area contributed by atoms with Crippen molar-refractivity contribution >= 4 is 10.1 Å². The molecule has 6 heteroatoms. The molecule has 0 aromatic carbocycles. The molecule has 5 nitrogen and oxygen atoms in total. The molecule has 2 atom stereocenters. The number of aliphatic hydroxyl groups is 1. The minimum Gasteiger partial charge on any atom is -0.396 e. The van der Waals surface area contributed by atoms with E-state index < -0.39 is 10.1 Å². The Morgan fingerprint density at radius 3 is 2.29 bits per heavy atom. The fourth-order valence-electron chi connectivity index (χ4n) is 1.33. The normalized spacial score (nSPS) is 16.6. The Kier molecular flexibility index (Phi) is 6.26. The van der Waals surface area contributed by atoms with E-state index in [9.17, 15) is 8.42 Å². The molecule has 0 aromatic heterocycles. The predicted molar refractivity (Wildman–Crippen MR) is 54.5 cm³/mol. The number of nitrogens with two attached hydrogens (primary N) is 1. The van der Waals surface area contributed by atoms with E-state index in [0.29, 0.717) is 0 Å². The lowest BCUT2D eigenvalue weighted by Crippen LogP contribution is -2.34. The van der Waals surface area contributed by atoms with Gasteiger partial charge in [0, 0.05) is 12.6 Å². The van der Waals surface area contributed by atoms with Gasteiger partial charge in [-0.1, -0.05) is 13.3 Å². The Morgan fingerprint density at radius 2 is 1.93 bits per heavy atom. The van der Waals surface area contributed by atoms with Crippen molar-refractivity contribution in [3.05, 3.63) is 0 Å². The van der Waals surface area contributed by atoms with Crippen LogP contribution >= 0.6 is 0 Å². The molecule has 0 spiro atoms. The fourth-order valence-corrected chi connectivity index (χ4v) is 1.90. The van der Waals surface area contributed by atoms with Gasteiger partial charge in [0.05, 0.1) is 5.75 Å². The number of rotatable bonds is 7. The van der Waals surface area contributed by atoms with Crippen molar-refractivity contribution in [3.8, 4) is 0 Å². The first-order valence-corrected chi connectivity index (χ1v) is 6.33. The van der Waals surface area contributed by atoms with Crippen molar-refractivity contribution in [3.63, 3.8) is 0 Å². The zero-order valence-corrected chi connectivity index (χ0v) is 9.20. The Morgan fingerprint density at radius 1 is 1.36 bits per heavy atom. The van der Waals surface area contributed by atoms with Crippen LogP contribution in [-0.2, 0) is 10.1 Å². The summed E-state index contributed by atoms with van der Waals surface area (Å²) in [5.41, 5.74) is 5.69. The van der Waals surface area contributed by atoms with Gasteiger partial charge in [-0.15, -0.1) is 0 Å². The molecule has 0 bridgehead atoms. The zero-order chi connectivity index (χ0) is 11.2. The number of hydrogen-bond acceptors (Lipinski definition) is 4. The van der Waals surface area contributed by atoms with Gasteiger partial charge in [0.1, 0.15) is 0 Å². The van der Waals surface area contributed by atoms with Crippen molar-refractivity contribution in [1.82, 2.24) is 0 Å². The number of hydrogen-bond donors (Lipinski definition) is 3. The molecule has 4 N–H and O–H groups in total. The summed E-state index contributed by atoms with van der Waals surface area (Å²) in [5, 5.41) is 8.97. The van der Waals surface area contributed by atoms with Gasteiger partial charge >= 0.3 is 0 Å². The van der Waals surface area contributed by atoms with Crippen LogP contribution in [0.25, 0.3) is 0 Å². The lowest BCUT2D eigenvalue weighted by atomic mass is 9.95. The summed E-state index contributed by atoms with van der Waals surface area (Å²) < 4.78 is 29.4. The van der Waals surface area contributed by atoms with Gasteiger partial charge in [-0.3, -0.25) is 4.55 Å². The molecule has 0 saturated carbocycles. The van der Waals surface area contributed by atoms with E-state index in [1.54, 1.807) is 0 Å². The van der Waals surface area contributed by atoms with E-state index in [1.807, 2.05) is 6.92 Å². The molecule has 0 radical (unpaired) electrons. The van der Waals surface area contributed by atoms with E-state index in [4.69, 9.17) is 15.4 Å². The van der Waals surface area contributed by atoms with Gasteiger partial charge in [0.25, 0.3) is 10.1 Å². The molecule has 0 aliphatic rings. The molecular weight excluding hydrogens is 206 g/mol. The third-order valence-corrected chi connectivity index (χ3v) is 2.96. The van der Waals surface area contributed by atoms with Crippen molar-refractivity contribution in [2.45, 2.75) is 32.2 Å². The predicted octanol–water partition coefficient (Wildman–Crippen LogP) is 0.000200. The first-order chi connectivity index (χ1) is 6.40. The monoisotopic (exact) mass is 225 g/mol. The quantitative estimate of drug-likeness (QED) is 0.529. The van der Waals surface area contributed by atoms with Gasteiger partial charge in [-0.05, 0) is 18.8 Å². The molecule has 0 amide bonds. The summed E-state index contributed by atoms with van der Waals surface area (Å²) in [5.74, 6) is -0.421. The van der Waals surface area contributed by atoms with Crippen molar-refractivity contribution in [2.75, 3.05) is 12.4 Å². The zero-order valence-electron chi connectivity index (χ0n) is 8.39. The molecule has 2 unspecified atom stereocenters. The highest BCUT2D eigenvalue weighted by Crippen LogP contribution is 2.12. The van der Waals surface area contributed by atoms with E-state index in [1.165, 1.54) is 0 Å². The van der Waals surface area contributed by atoms with Crippen LogP contribution in [0.15, 0.2) is 0 Å². The highest BCUT2D eigenvalue weighted by Gasteiger charge is 2.18. The first kappa shape index (κ1) is 13.8. The number of aliphatic hydroxyl groups excluding tert-OH is 1. The Bertz CT molecular complexity index is 240. The largest absolute Gasteiger partial charge is 0.396 e. The third kappa shape index (κ3) is 6.31. The van der Waals surface area contributed by atoms with Crippen LogP contribution in [0.3, 0.4) is 0 Å². The average Bonchev–Trinajstić information content (AvgIpc) is 2.09. The molecule has 0 fully saturated rings. The molecule has 86 valence electrons. The molecule has 0 heterocycles. The maximum atomic E-state index is 10.4. The maximum absolute atomic E-state index is 10.4. The average molecular weight is 225 g/mol. The summed E-state index contributed by atoms with van der Waals surface area (Å²) in [7, 11) is -3.94. The van der Waals surface area contributed by atoms with Crippen molar-refractivity contribution < 1.29 is 18.1 Å². The van der Waals surface area contributed by atoms with Gasteiger partial charge in [0.2, 0.25) is 0 Å². The Labute approximate surface area is 85.1 Å². The second kappa shape index (κ2) is 6.34. The summed E-state index contributed by atoms with van der Waals surface area (Å²) in [6, 6.07) is -0.373. The van der Waals surface area contributed by atoms with Gasteiger partial charge in [-0.2, -0.15) is 8.42 Å². The van der Waals surface area contributed by atoms with Gasteiger partial charge in [-0.25, -0.2) is 0 Å². The second-order valence-corrected chi connectivity index (χ2v) is 5.04. The highest BCUT2D eigenvalue weighted by atomic mass is 32.2. The van der Waals surface area contributed by atoms with E-state index in [-0.39, 0.29) is 30.7 Å². The van der Waals surface area contributed by atoms with Gasteiger partial charge in [0.15, 0.2) is 0 Å². The first-order valence-electron chi connectivity index (χ1n) is 4.72.